The number of carbonyl (C=O) groups is 1. The molecule has 0 atom stereocenters. The molecule has 0 aliphatic heterocycles. The predicted molar refractivity (Wildman–Crippen MR) is 107 cm³/mol. The van der Waals surface area contributed by atoms with Crippen molar-refractivity contribution >= 4 is 21.7 Å². The van der Waals surface area contributed by atoms with Crippen molar-refractivity contribution in [1.29, 1.82) is 0 Å². The molecule has 0 saturated carbocycles. The number of ether oxygens (including phenoxy) is 1. The van der Waals surface area contributed by atoms with Crippen LogP contribution in [0.3, 0.4) is 0 Å². The van der Waals surface area contributed by atoms with E-state index in [4.69, 9.17) is 4.74 Å². The Morgan fingerprint density at radius 2 is 1.54 bits per heavy atom. The second-order valence-corrected chi connectivity index (χ2v) is 7.76. The van der Waals surface area contributed by atoms with Crippen LogP contribution in [-0.2, 0) is 21.2 Å². The molecule has 7 heteroatoms. The Labute approximate surface area is 164 Å². The van der Waals surface area contributed by atoms with Crippen LogP contribution in [0.25, 0.3) is 0 Å². The van der Waals surface area contributed by atoms with E-state index in [1.165, 1.54) is 24.3 Å². The van der Waals surface area contributed by atoms with Crippen LogP contribution in [-0.4, -0.2) is 26.0 Å². The number of pyridine rings is 1. The van der Waals surface area contributed by atoms with E-state index in [2.05, 4.69) is 9.71 Å². The van der Waals surface area contributed by atoms with Crippen LogP contribution >= 0.6 is 0 Å². The summed E-state index contributed by atoms with van der Waals surface area (Å²) in [6.07, 6.45) is 4.22. The first-order chi connectivity index (χ1) is 13.5. The molecule has 0 spiro atoms. The number of carbonyl (C=O) groups excluding carboxylic acids is 1. The maximum absolute atomic E-state index is 12.6. The molecule has 0 aliphatic rings. The van der Waals surface area contributed by atoms with E-state index < -0.39 is 16.0 Å². The van der Waals surface area contributed by atoms with E-state index >= 15 is 0 Å². The lowest BCUT2D eigenvalue weighted by Crippen LogP contribution is -2.13. The van der Waals surface area contributed by atoms with E-state index in [0.717, 1.165) is 17.5 Å². The topological polar surface area (TPSA) is 85.4 Å². The Hall–Kier alpha value is -3.19. The Morgan fingerprint density at radius 1 is 0.929 bits per heavy atom. The van der Waals surface area contributed by atoms with Crippen LogP contribution in [0.1, 0.15) is 28.4 Å². The number of rotatable bonds is 7. The number of esters is 1. The summed E-state index contributed by atoms with van der Waals surface area (Å²) in [5.41, 5.74) is 2.96. The third-order valence-corrected chi connectivity index (χ3v) is 5.44. The minimum absolute atomic E-state index is 0.0708. The largest absolute Gasteiger partial charge is 0.462 e. The number of hydrogen-bond donors (Lipinski definition) is 1. The Kier molecular flexibility index (Phi) is 6.06. The van der Waals surface area contributed by atoms with Crippen LogP contribution in [0.5, 0.6) is 0 Å². The Balaban J connectivity index is 1.69. The molecule has 3 aromatic rings. The van der Waals surface area contributed by atoms with Gasteiger partial charge < -0.3 is 4.74 Å². The van der Waals surface area contributed by atoms with Gasteiger partial charge in [-0.25, -0.2) is 13.2 Å². The van der Waals surface area contributed by atoms with E-state index in [1.807, 2.05) is 24.3 Å². The van der Waals surface area contributed by atoms with Gasteiger partial charge in [0.2, 0.25) is 0 Å². The van der Waals surface area contributed by atoms with Crippen LogP contribution in [0.15, 0.2) is 78.0 Å². The molecule has 144 valence electrons. The van der Waals surface area contributed by atoms with Gasteiger partial charge in [0.05, 0.1) is 17.1 Å². The fourth-order valence-corrected chi connectivity index (χ4v) is 3.68. The second-order valence-electron chi connectivity index (χ2n) is 6.08. The highest BCUT2D eigenvalue weighted by Crippen LogP contribution is 2.18. The summed E-state index contributed by atoms with van der Waals surface area (Å²) in [4.78, 5) is 15.7. The molecule has 0 bridgehead atoms. The average Bonchev–Trinajstić information content (AvgIpc) is 2.70. The summed E-state index contributed by atoms with van der Waals surface area (Å²) in [6.45, 7) is 1.97. The lowest BCUT2D eigenvalue weighted by Gasteiger charge is -2.10. The molecule has 2 aromatic carbocycles. The number of aromatic nitrogens is 1. The molecule has 0 unspecified atom stereocenters. The predicted octanol–water partition coefficient (Wildman–Crippen LogP) is 3.65. The van der Waals surface area contributed by atoms with Crippen LogP contribution in [0.2, 0.25) is 0 Å². The molecule has 0 fully saturated rings. The molecule has 3 rings (SSSR count). The summed E-state index contributed by atoms with van der Waals surface area (Å²) in [5, 5.41) is 0. The number of anilines is 1. The summed E-state index contributed by atoms with van der Waals surface area (Å²) < 4.78 is 32.5. The van der Waals surface area contributed by atoms with Gasteiger partial charge in [-0.15, -0.1) is 0 Å². The SMILES string of the molecule is CCOC(=O)c1ccc(S(=O)(=O)Nc2ccc(Cc3ccncc3)cc2)cc1. The maximum atomic E-state index is 12.6. The molecule has 0 radical (unpaired) electrons. The van der Waals surface area contributed by atoms with Crippen molar-refractivity contribution in [3.63, 3.8) is 0 Å². The van der Waals surface area contributed by atoms with E-state index in [-0.39, 0.29) is 11.5 Å². The maximum Gasteiger partial charge on any atom is 0.338 e. The highest BCUT2D eigenvalue weighted by Gasteiger charge is 2.15. The van der Waals surface area contributed by atoms with Gasteiger partial charge in [-0.05, 0) is 73.0 Å². The van der Waals surface area contributed by atoms with Gasteiger partial charge in [0.15, 0.2) is 0 Å². The minimum atomic E-state index is -3.75. The monoisotopic (exact) mass is 396 g/mol. The summed E-state index contributed by atoms with van der Waals surface area (Å²) in [7, 11) is -3.75. The zero-order chi connectivity index (χ0) is 20.0. The van der Waals surface area contributed by atoms with Crippen LogP contribution < -0.4 is 4.72 Å². The molecule has 1 N–H and O–H groups in total. The van der Waals surface area contributed by atoms with Gasteiger partial charge in [-0.1, -0.05) is 12.1 Å². The molecule has 6 nitrogen and oxygen atoms in total. The Bertz CT molecular complexity index is 1030. The van der Waals surface area contributed by atoms with Gasteiger partial charge in [0.1, 0.15) is 0 Å². The van der Waals surface area contributed by atoms with Crippen molar-refractivity contribution < 1.29 is 17.9 Å². The van der Waals surface area contributed by atoms with Crippen LogP contribution in [0.4, 0.5) is 5.69 Å². The number of nitrogens with one attached hydrogen (secondary N) is 1. The molecular weight excluding hydrogens is 376 g/mol. The first kappa shape index (κ1) is 19.6. The number of nitrogens with zero attached hydrogens (tertiary/aromatic N) is 1. The molecule has 1 aromatic heterocycles. The molecular formula is C21H20N2O4S. The van der Waals surface area contributed by atoms with Crippen LogP contribution in [0, 0.1) is 0 Å². The smallest absolute Gasteiger partial charge is 0.338 e. The van der Waals surface area contributed by atoms with Crippen molar-refractivity contribution in [2.24, 2.45) is 0 Å². The number of sulfonamides is 1. The molecule has 0 amide bonds. The number of hydrogen-bond acceptors (Lipinski definition) is 5. The highest BCUT2D eigenvalue weighted by molar-refractivity contribution is 7.92. The standard InChI is InChI=1S/C21H20N2O4S/c1-2-27-21(24)18-5-9-20(10-6-18)28(25,26)23-19-7-3-16(4-8-19)15-17-11-13-22-14-12-17/h3-14,23H,2,15H2,1H3. The minimum Gasteiger partial charge on any atom is -0.462 e. The van der Waals surface area contributed by atoms with Gasteiger partial charge in [0, 0.05) is 18.1 Å². The second kappa shape index (κ2) is 8.67. The normalized spacial score (nSPS) is 11.0. The average molecular weight is 396 g/mol. The van der Waals surface area contributed by atoms with Gasteiger partial charge in [-0.3, -0.25) is 9.71 Å². The zero-order valence-electron chi connectivity index (χ0n) is 15.3. The Morgan fingerprint density at radius 3 is 2.14 bits per heavy atom. The van der Waals surface area contributed by atoms with Crippen molar-refractivity contribution in [1.82, 2.24) is 4.98 Å². The van der Waals surface area contributed by atoms with Gasteiger partial charge in [0.25, 0.3) is 10.0 Å². The van der Waals surface area contributed by atoms with Crippen molar-refractivity contribution in [3.05, 3.63) is 89.7 Å². The summed E-state index contributed by atoms with van der Waals surface area (Å²) >= 11 is 0. The van der Waals surface area contributed by atoms with Crippen molar-refractivity contribution in [2.75, 3.05) is 11.3 Å². The van der Waals surface area contributed by atoms with E-state index in [1.54, 1.807) is 31.5 Å². The molecule has 0 saturated heterocycles. The molecule has 28 heavy (non-hydrogen) atoms. The lowest BCUT2D eigenvalue weighted by atomic mass is 10.1. The van der Waals surface area contributed by atoms with E-state index in [9.17, 15) is 13.2 Å². The van der Waals surface area contributed by atoms with E-state index in [0.29, 0.717) is 11.3 Å². The summed E-state index contributed by atoms with van der Waals surface area (Å²) in [6, 6.07) is 16.7. The third-order valence-electron chi connectivity index (χ3n) is 4.04. The molecule has 1 heterocycles. The zero-order valence-corrected chi connectivity index (χ0v) is 16.1. The first-order valence-electron chi connectivity index (χ1n) is 8.76. The lowest BCUT2D eigenvalue weighted by molar-refractivity contribution is 0.0526. The van der Waals surface area contributed by atoms with Gasteiger partial charge in [-0.2, -0.15) is 0 Å². The first-order valence-corrected chi connectivity index (χ1v) is 10.2. The third kappa shape index (κ3) is 4.95. The molecule has 0 aliphatic carbocycles. The van der Waals surface area contributed by atoms with Crippen molar-refractivity contribution in [2.45, 2.75) is 18.2 Å². The fourth-order valence-electron chi connectivity index (χ4n) is 2.63. The van der Waals surface area contributed by atoms with Gasteiger partial charge >= 0.3 is 5.97 Å². The highest BCUT2D eigenvalue weighted by atomic mass is 32.2. The summed E-state index contributed by atoms with van der Waals surface area (Å²) in [5.74, 6) is -0.482. The number of benzene rings is 2. The fraction of sp³-hybridized carbons (Fsp3) is 0.143. The quantitative estimate of drug-likeness (QED) is 0.616. The van der Waals surface area contributed by atoms with Crippen molar-refractivity contribution in [3.8, 4) is 0 Å².